The highest BCUT2D eigenvalue weighted by atomic mass is 16.5. The highest BCUT2D eigenvalue weighted by Gasteiger charge is 2.27. The summed E-state index contributed by atoms with van der Waals surface area (Å²) in [5.74, 6) is 0.0567. The van der Waals surface area contributed by atoms with E-state index in [0.717, 1.165) is 16.7 Å². The van der Waals surface area contributed by atoms with Crippen LogP contribution in [0.3, 0.4) is 0 Å². The SMILES string of the molecule is Cc1ccccc1CC(=O)c1ccc2c(c1)B(O)OC2. The first-order valence-corrected chi connectivity index (χ1v) is 6.65. The van der Waals surface area contributed by atoms with Gasteiger partial charge in [0.2, 0.25) is 0 Å². The summed E-state index contributed by atoms with van der Waals surface area (Å²) in [5.41, 5.74) is 4.43. The molecule has 0 aliphatic carbocycles. The fourth-order valence-electron chi connectivity index (χ4n) is 2.47. The molecule has 100 valence electrons. The molecule has 1 aliphatic rings. The normalized spacial score (nSPS) is 13.4. The quantitative estimate of drug-likeness (QED) is 0.678. The van der Waals surface area contributed by atoms with Gasteiger partial charge in [0.15, 0.2) is 5.78 Å². The van der Waals surface area contributed by atoms with Gasteiger partial charge < -0.3 is 9.68 Å². The minimum atomic E-state index is -0.906. The van der Waals surface area contributed by atoms with Crippen molar-refractivity contribution in [3.05, 3.63) is 64.7 Å². The first-order valence-electron chi connectivity index (χ1n) is 6.65. The molecule has 0 fully saturated rings. The van der Waals surface area contributed by atoms with Gasteiger partial charge in [-0.05, 0) is 29.1 Å². The van der Waals surface area contributed by atoms with E-state index in [1.807, 2.05) is 37.3 Å². The molecule has 20 heavy (non-hydrogen) atoms. The zero-order valence-corrected chi connectivity index (χ0v) is 11.3. The second-order valence-electron chi connectivity index (χ2n) is 5.10. The van der Waals surface area contributed by atoms with Crippen molar-refractivity contribution in [3.8, 4) is 0 Å². The molecule has 2 aromatic rings. The summed E-state index contributed by atoms with van der Waals surface area (Å²) in [6.07, 6.45) is 0.377. The van der Waals surface area contributed by atoms with Crippen LogP contribution >= 0.6 is 0 Å². The Labute approximate surface area is 118 Å². The number of rotatable bonds is 3. The van der Waals surface area contributed by atoms with E-state index in [0.29, 0.717) is 24.1 Å². The van der Waals surface area contributed by atoms with Crippen LogP contribution in [0.1, 0.15) is 27.0 Å². The lowest BCUT2D eigenvalue weighted by molar-refractivity contribution is 0.0993. The molecular formula is C16H15BO3. The van der Waals surface area contributed by atoms with Gasteiger partial charge in [0.05, 0.1) is 6.61 Å². The zero-order valence-electron chi connectivity index (χ0n) is 11.3. The maximum atomic E-state index is 12.4. The van der Waals surface area contributed by atoms with Crippen LogP contribution in [-0.4, -0.2) is 17.9 Å². The first kappa shape index (κ1) is 13.1. The smallest absolute Gasteiger partial charge is 0.423 e. The Balaban J connectivity index is 1.85. The molecule has 0 amide bonds. The molecule has 0 spiro atoms. The Kier molecular flexibility index (Phi) is 3.43. The number of ketones is 1. The summed E-state index contributed by atoms with van der Waals surface area (Å²) in [6, 6.07) is 13.3. The van der Waals surface area contributed by atoms with E-state index in [9.17, 15) is 9.82 Å². The van der Waals surface area contributed by atoms with E-state index < -0.39 is 7.12 Å². The van der Waals surface area contributed by atoms with E-state index >= 15 is 0 Å². The number of hydrogen-bond donors (Lipinski definition) is 1. The fraction of sp³-hybridized carbons (Fsp3) is 0.188. The molecule has 2 aromatic carbocycles. The predicted molar refractivity (Wildman–Crippen MR) is 78.1 cm³/mol. The van der Waals surface area contributed by atoms with Gasteiger partial charge in [-0.2, -0.15) is 0 Å². The van der Waals surface area contributed by atoms with Crippen LogP contribution in [0.2, 0.25) is 0 Å². The Morgan fingerprint density at radius 1 is 1.30 bits per heavy atom. The van der Waals surface area contributed by atoms with Crippen molar-refractivity contribution in [1.29, 1.82) is 0 Å². The molecule has 0 radical (unpaired) electrons. The number of carbonyl (C=O) groups excluding carboxylic acids is 1. The molecule has 0 saturated heterocycles. The van der Waals surface area contributed by atoms with Crippen LogP contribution in [0.4, 0.5) is 0 Å². The van der Waals surface area contributed by atoms with Crippen LogP contribution < -0.4 is 5.46 Å². The van der Waals surface area contributed by atoms with Crippen LogP contribution in [0.5, 0.6) is 0 Å². The Morgan fingerprint density at radius 2 is 2.10 bits per heavy atom. The van der Waals surface area contributed by atoms with Gasteiger partial charge in [0.25, 0.3) is 0 Å². The van der Waals surface area contributed by atoms with E-state index in [2.05, 4.69) is 0 Å². The fourth-order valence-corrected chi connectivity index (χ4v) is 2.47. The molecular weight excluding hydrogens is 251 g/mol. The third-order valence-corrected chi connectivity index (χ3v) is 3.74. The first-order chi connectivity index (χ1) is 9.65. The van der Waals surface area contributed by atoms with E-state index in [1.54, 1.807) is 12.1 Å². The topological polar surface area (TPSA) is 46.5 Å². The number of benzene rings is 2. The molecule has 1 aliphatic heterocycles. The number of carbonyl (C=O) groups is 1. The highest BCUT2D eigenvalue weighted by molar-refractivity contribution is 6.61. The van der Waals surface area contributed by atoms with Gasteiger partial charge in [-0.3, -0.25) is 4.79 Å². The van der Waals surface area contributed by atoms with Crippen LogP contribution in [0.15, 0.2) is 42.5 Å². The van der Waals surface area contributed by atoms with Gasteiger partial charge in [0.1, 0.15) is 0 Å². The molecule has 3 rings (SSSR count). The maximum absolute atomic E-state index is 12.4. The van der Waals surface area contributed by atoms with Crippen LogP contribution in [-0.2, 0) is 17.7 Å². The van der Waals surface area contributed by atoms with Crippen molar-refractivity contribution >= 4 is 18.4 Å². The maximum Gasteiger partial charge on any atom is 0.491 e. The second kappa shape index (κ2) is 5.23. The standard InChI is InChI=1S/C16H15BO3/c1-11-4-2-3-5-12(11)9-16(18)13-6-7-14-10-20-17(19)15(14)8-13/h2-8,19H,9-10H2,1H3. The van der Waals surface area contributed by atoms with Crippen LogP contribution in [0, 0.1) is 6.92 Å². The largest absolute Gasteiger partial charge is 0.491 e. The number of aryl methyl sites for hydroxylation is 1. The molecule has 4 heteroatoms. The van der Waals surface area contributed by atoms with Crippen molar-refractivity contribution < 1.29 is 14.5 Å². The Hall–Kier alpha value is -1.91. The van der Waals surface area contributed by atoms with Gasteiger partial charge in [0, 0.05) is 12.0 Å². The van der Waals surface area contributed by atoms with Crippen molar-refractivity contribution in [2.75, 3.05) is 0 Å². The average Bonchev–Trinajstić information content (AvgIpc) is 2.82. The molecule has 0 bridgehead atoms. The average molecular weight is 266 g/mol. The minimum absolute atomic E-state index is 0.0567. The number of hydrogen-bond acceptors (Lipinski definition) is 3. The summed E-state index contributed by atoms with van der Waals surface area (Å²) in [6.45, 7) is 2.41. The van der Waals surface area contributed by atoms with Crippen LogP contribution in [0.25, 0.3) is 0 Å². The van der Waals surface area contributed by atoms with Crippen molar-refractivity contribution in [1.82, 2.24) is 0 Å². The third kappa shape index (κ3) is 2.40. The molecule has 1 N–H and O–H groups in total. The second-order valence-corrected chi connectivity index (χ2v) is 5.10. The van der Waals surface area contributed by atoms with Crippen molar-refractivity contribution in [2.24, 2.45) is 0 Å². The minimum Gasteiger partial charge on any atom is -0.423 e. The van der Waals surface area contributed by atoms with E-state index in [4.69, 9.17) is 4.65 Å². The summed E-state index contributed by atoms with van der Waals surface area (Å²) in [5, 5.41) is 9.69. The zero-order chi connectivity index (χ0) is 14.1. The molecule has 0 unspecified atom stereocenters. The number of Topliss-reactive ketones (excluding diaryl/α,β-unsaturated/α-hetero) is 1. The van der Waals surface area contributed by atoms with Gasteiger partial charge in [-0.25, -0.2) is 0 Å². The Bertz CT molecular complexity index is 667. The lowest BCUT2D eigenvalue weighted by atomic mass is 9.78. The summed E-state index contributed by atoms with van der Waals surface area (Å²) >= 11 is 0. The molecule has 0 saturated carbocycles. The summed E-state index contributed by atoms with van der Waals surface area (Å²) in [4.78, 5) is 12.4. The summed E-state index contributed by atoms with van der Waals surface area (Å²) in [7, 11) is -0.906. The predicted octanol–water partition coefficient (Wildman–Crippen LogP) is 1.64. The lowest BCUT2D eigenvalue weighted by Gasteiger charge is -2.06. The van der Waals surface area contributed by atoms with Gasteiger partial charge in [-0.1, -0.05) is 42.5 Å². The molecule has 0 atom stereocenters. The van der Waals surface area contributed by atoms with Crippen molar-refractivity contribution in [2.45, 2.75) is 20.0 Å². The molecule has 0 aromatic heterocycles. The monoisotopic (exact) mass is 266 g/mol. The van der Waals surface area contributed by atoms with Crippen molar-refractivity contribution in [3.63, 3.8) is 0 Å². The van der Waals surface area contributed by atoms with Gasteiger partial charge in [-0.15, -0.1) is 0 Å². The Morgan fingerprint density at radius 3 is 2.90 bits per heavy atom. The molecule has 1 heterocycles. The number of fused-ring (bicyclic) bond motifs is 1. The van der Waals surface area contributed by atoms with E-state index in [-0.39, 0.29) is 5.78 Å². The summed E-state index contributed by atoms with van der Waals surface area (Å²) < 4.78 is 5.14. The molecule has 3 nitrogen and oxygen atoms in total. The third-order valence-electron chi connectivity index (χ3n) is 3.74. The van der Waals surface area contributed by atoms with Gasteiger partial charge >= 0.3 is 7.12 Å². The highest BCUT2D eigenvalue weighted by Crippen LogP contribution is 2.15. The lowest BCUT2D eigenvalue weighted by Crippen LogP contribution is -2.28. The van der Waals surface area contributed by atoms with E-state index in [1.165, 1.54) is 0 Å².